The largest absolute Gasteiger partial charge is 0.387 e. The first-order valence-corrected chi connectivity index (χ1v) is 9.28. The van der Waals surface area contributed by atoms with E-state index in [9.17, 15) is 13.5 Å². The van der Waals surface area contributed by atoms with Crippen LogP contribution < -0.4 is 0 Å². The fraction of sp³-hybridized carbons (Fsp3) is 1.00. The topological polar surface area (TPSA) is 63.6 Å². The van der Waals surface area contributed by atoms with Gasteiger partial charge in [0.1, 0.15) is 9.84 Å². The smallest absolute Gasteiger partial charge is 0.147 e. The summed E-state index contributed by atoms with van der Waals surface area (Å²) in [4.78, 5) is 0. The minimum Gasteiger partial charge on any atom is -0.387 e. The van der Waals surface area contributed by atoms with Crippen LogP contribution >= 0.6 is 0 Å². The number of hydrogen-bond donors (Lipinski definition) is 1. The molecule has 0 aliphatic heterocycles. The van der Waals surface area contributed by atoms with Gasteiger partial charge in [-0.1, -0.05) is 26.7 Å². The third kappa shape index (κ3) is 5.79. The summed E-state index contributed by atoms with van der Waals surface area (Å²) in [7, 11) is -2.91. The summed E-state index contributed by atoms with van der Waals surface area (Å²) in [6.45, 7) is 5.02. The van der Waals surface area contributed by atoms with Crippen LogP contribution in [-0.4, -0.2) is 44.3 Å². The normalized spacial score (nSPS) is 28.8. The maximum atomic E-state index is 11.0. The van der Waals surface area contributed by atoms with Crippen molar-refractivity contribution in [1.29, 1.82) is 0 Å². The molecule has 1 N–H and O–H groups in total. The van der Waals surface area contributed by atoms with Crippen LogP contribution in [-0.2, 0) is 14.6 Å². The van der Waals surface area contributed by atoms with E-state index in [2.05, 4.69) is 13.8 Å². The van der Waals surface area contributed by atoms with Gasteiger partial charge in [0.25, 0.3) is 0 Å². The van der Waals surface area contributed by atoms with Crippen molar-refractivity contribution < 1.29 is 18.3 Å². The number of ether oxygens (including phenoxy) is 1. The Kier molecular flexibility index (Phi) is 6.27. The Morgan fingerprint density at radius 3 is 2.63 bits per heavy atom. The summed E-state index contributed by atoms with van der Waals surface area (Å²) in [6.07, 6.45) is 5.81. The molecule has 19 heavy (non-hydrogen) atoms. The van der Waals surface area contributed by atoms with Crippen molar-refractivity contribution in [2.24, 2.45) is 11.8 Å². The molecule has 0 radical (unpaired) electrons. The lowest BCUT2D eigenvalue weighted by Crippen LogP contribution is -2.47. The standard InChI is InChI=1S/C14H28O4S/c1-12(2)13-7-4-5-8-14(13,15)11-18-9-6-10-19(3,16)17/h12-13,15H,4-11H2,1-3H3. The van der Waals surface area contributed by atoms with Crippen molar-refractivity contribution in [3.63, 3.8) is 0 Å². The quantitative estimate of drug-likeness (QED) is 0.729. The SMILES string of the molecule is CC(C)C1CCCCC1(O)COCCCS(C)(=O)=O. The molecule has 2 unspecified atom stereocenters. The molecule has 0 heterocycles. The first-order chi connectivity index (χ1) is 8.75. The van der Waals surface area contributed by atoms with Gasteiger partial charge in [0, 0.05) is 12.9 Å². The molecule has 5 heteroatoms. The summed E-state index contributed by atoms with van der Waals surface area (Å²) in [5.74, 6) is 0.889. The molecule has 1 aliphatic rings. The molecule has 2 atom stereocenters. The van der Waals surface area contributed by atoms with Gasteiger partial charge >= 0.3 is 0 Å². The van der Waals surface area contributed by atoms with Gasteiger partial charge in [-0.25, -0.2) is 8.42 Å². The fourth-order valence-electron chi connectivity index (χ4n) is 3.05. The molecule has 0 bridgehead atoms. The minimum absolute atomic E-state index is 0.152. The fourth-order valence-corrected chi connectivity index (χ4v) is 3.70. The Balaban J connectivity index is 2.36. The molecular formula is C14H28O4S. The Morgan fingerprint density at radius 1 is 1.37 bits per heavy atom. The van der Waals surface area contributed by atoms with Crippen molar-refractivity contribution in [2.75, 3.05) is 25.2 Å². The van der Waals surface area contributed by atoms with Gasteiger partial charge in [0.2, 0.25) is 0 Å². The highest BCUT2D eigenvalue weighted by molar-refractivity contribution is 7.90. The molecule has 0 saturated heterocycles. The molecular weight excluding hydrogens is 264 g/mol. The van der Waals surface area contributed by atoms with Crippen LogP contribution in [0.15, 0.2) is 0 Å². The van der Waals surface area contributed by atoms with Crippen molar-refractivity contribution >= 4 is 9.84 Å². The average Bonchev–Trinajstić information content (AvgIpc) is 2.27. The van der Waals surface area contributed by atoms with Gasteiger partial charge in [0.15, 0.2) is 0 Å². The van der Waals surface area contributed by atoms with Crippen molar-refractivity contribution in [3.05, 3.63) is 0 Å². The van der Waals surface area contributed by atoms with E-state index in [1.807, 2.05) is 0 Å². The van der Waals surface area contributed by atoms with E-state index in [0.717, 1.165) is 19.3 Å². The number of sulfone groups is 1. The molecule has 4 nitrogen and oxygen atoms in total. The van der Waals surface area contributed by atoms with E-state index in [4.69, 9.17) is 4.74 Å². The molecule has 0 amide bonds. The van der Waals surface area contributed by atoms with E-state index in [1.165, 1.54) is 12.7 Å². The van der Waals surface area contributed by atoms with Gasteiger partial charge in [0.05, 0.1) is 18.0 Å². The number of rotatable bonds is 7. The van der Waals surface area contributed by atoms with E-state index in [0.29, 0.717) is 25.6 Å². The lowest BCUT2D eigenvalue weighted by molar-refractivity contribution is -0.117. The lowest BCUT2D eigenvalue weighted by atomic mass is 9.70. The summed E-state index contributed by atoms with van der Waals surface area (Å²) >= 11 is 0. The van der Waals surface area contributed by atoms with E-state index < -0.39 is 15.4 Å². The van der Waals surface area contributed by atoms with E-state index >= 15 is 0 Å². The number of aliphatic hydroxyl groups is 1. The molecule has 0 spiro atoms. The third-order valence-corrected chi connectivity index (χ3v) is 5.06. The second-order valence-corrected chi connectivity index (χ2v) is 8.50. The molecule has 114 valence electrons. The first-order valence-electron chi connectivity index (χ1n) is 7.22. The maximum absolute atomic E-state index is 11.0. The third-order valence-electron chi connectivity index (χ3n) is 4.03. The number of hydrogen-bond acceptors (Lipinski definition) is 4. The Bertz CT molecular complexity index is 364. The summed E-state index contributed by atoms with van der Waals surface area (Å²) in [6, 6.07) is 0. The Labute approximate surface area is 117 Å². The maximum Gasteiger partial charge on any atom is 0.147 e. The summed E-state index contributed by atoms with van der Waals surface area (Å²) in [5, 5.41) is 10.7. The zero-order chi connectivity index (χ0) is 14.5. The van der Waals surface area contributed by atoms with Crippen LogP contribution in [0.4, 0.5) is 0 Å². The molecule has 1 saturated carbocycles. The second kappa shape index (κ2) is 7.04. The van der Waals surface area contributed by atoms with Crippen LogP contribution in [0.25, 0.3) is 0 Å². The Hall–Kier alpha value is -0.130. The van der Waals surface area contributed by atoms with Gasteiger partial charge in [-0.3, -0.25) is 0 Å². The van der Waals surface area contributed by atoms with Crippen LogP contribution in [0.5, 0.6) is 0 Å². The van der Waals surface area contributed by atoms with Gasteiger partial charge < -0.3 is 9.84 Å². The zero-order valence-corrected chi connectivity index (χ0v) is 13.2. The highest BCUT2D eigenvalue weighted by Gasteiger charge is 2.40. The monoisotopic (exact) mass is 292 g/mol. The average molecular weight is 292 g/mol. The van der Waals surface area contributed by atoms with Crippen molar-refractivity contribution in [2.45, 2.75) is 51.6 Å². The van der Waals surface area contributed by atoms with Gasteiger partial charge in [-0.05, 0) is 31.1 Å². The highest BCUT2D eigenvalue weighted by Crippen LogP contribution is 2.38. The zero-order valence-electron chi connectivity index (χ0n) is 12.4. The van der Waals surface area contributed by atoms with Crippen LogP contribution in [0.3, 0.4) is 0 Å². The van der Waals surface area contributed by atoms with Gasteiger partial charge in [-0.2, -0.15) is 0 Å². The lowest BCUT2D eigenvalue weighted by Gasteiger charge is -2.42. The van der Waals surface area contributed by atoms with Gasteiger partial charge in [-0.15, -0.1) is 0 Å². The van der Waals surface area contributed by atoms with Crippen LogP contribution in [0, 0.1) is 11.8 Å². The molecule has 0 aromatic rings. The van der Waals surface area contributed by atoms with E-state index in [1.54, 1.807) is 0 Å². The van der Waals surface area contributed by atoms with Crippen molar-refractivity contribution in [3.8, 4) is 0 Å². The predicted octanol–water partition coefficient (Wildman–Crippen LogP) is 2.01. The summed E-state index contributed by atoms with van der Waals surface area (Å²) < 4.78 is 27.5. The Morgan fingerprint density at radius 2 is 2.05 bits per heavy atom. The van der Waals surface area contributed by atoms with Crippen LogP contribution in [0.2, 0.25) is 0 Å². The molecule has 1 aliphatic carbocycles. The predicted molar refractivity (Wildman–Crippen MR) is 76.9 cm³/mol. The minimum atomic E-state index is -2.91. The molecule has 1 fully saturated rings. The first kappa shape index (κ1) is 16.9. The molecule has 0 aromatic heterocycles. The second-order valence-electron chi connectivity index (χ2n) is 6.24. The van der Waals surface area contributed by atoms with Crippen LogP contribution in [0.1, 0.15) is 46.0 Å². The molecule has 0 aromatic carbocycles. The highest BCUT2D eigenvalue weighted by atomic mass is 32.2. The van der Waals surface area contributed by atoms with E-state index in [-0.39, 0.29) is 11.7 Å². The summed E-state index contributed by atoms with van der Waals surface area (Å²) in [5.41, 5.74) is -0.725. The van der Waals surface area contributed by atoms with Crippen molar-refractivity contribution in [1.82, 2.24) is 0 Å². The molecule has 1 rings (SSSR count).